The third-order valence-corrected chi connectivity index (χ3v) is 2.84. The van der Waals surface area contributed by atoms with E-state index in [4.69, 9.17) is 0 Å². The van der Waals surface area contributed by atoms with Crippen LogP contribution in [0.25, 0.3) is 0 Å². The first kappa shape index (κ1) is 8.63. The summed E-state index contributed by atoms with van der Waals surface area (Å²) in [7, 11) is 0. The van der Waals surface area contributed by atoms with Gasteiger partial charge in [-0.3, -0.25) is 0 Å². The molecule has 1 aliphatic heterocycles. The topological polar surface area (TPSA) is 37.8 Å². The van der Waals surface area contributed by atoms with E-state index in [0.717, 1.165) is 19.0 Å². The van der Waals surface area contributed by atoms with Crippen molar-refractivity contribution in [1.29, 1.82) is 0 Å². The summed E-state index contributed by atoms with van der Waals surface area (Å²) in [4.78, 5) is 8.11. The molecule has 0 bridgehead atoms. The van der Waals surface area contributed by atoms with Crippen LogP contribution in [0.4, 0.5) is 0 Å². The lowest BCUT2D eigenvalue weighted by Crippen LogP contribution is -2.33. The standard InChI is InChI=1S/C10H15N3/c1-8-2-3-11-6-10(8)9-4-12-7-13-5-9/h4-5,7-8,10-11H,2-3,6H2,1H3. The molecule has 0 aromatic carbocycles. The molecule has 2 rings (SSSR count). The molecule has 2 unspecified atom stereocenters. The quantitative estimate of drug-likeness (QED) is 0.700. The monoisotopic (exact) mass is 177 g/mol. The number of aromatic nitrogens is 2. The Bertz CT molecular complexity index is 260. The van der Waals surface area contributed by atoms with Gasteiger partial charge in [0.15, 0.2) is 0 Å². The maximum Gasteiger partial charge on any atom is 0.115 e. The molecule has 0 spiro atoms. The summed E-state index contributed by atoms with van der Waals surface area (Å²) < 4.78 is 0. The Morgan fingerprint density at radius 2 is 2.15 bits per heavy atom. The van der Waals surface area contributed by atoms with Crippen LogP contribution < -0.4 is 5.32 Å². The zero-order valence-corrected chi connectivity index (χ0v) is 7.90. The Labute approximate surface area is 78.6 Å². The second-order valence-electron chi connectivity index (χ2n) is 3.75. The van der Waals surface area contributed by atoms with Gasteiger partial charge in [-0.15, -0.1) is 0 Å². The Morgan fingerprint density at radius 3 is 2.85 bits per heavy atom. The van der Waals surface area contributed by atoms with Gasteiger partial charge in [-0.05, 0) is 24.4 Å². The molecular weight excluding hydrogens is 162 g/mol. The van der Waals surface area contributed by atoms with Gasteiger partial charge in [-0.25, -0.2) is 9.97 Å². The minimum atomic E-state index is 0.593. The second-order valence-corrected chi connectivity index (χ2v) is 3.75. The maximum absolute atomic E-state index is 4.06. The molecule has 0 saturated carbocycles. The zero-order valence-electron chi connectivity index (χ0n) is 7.90. The highest BCUT2D eigenvalue weighted by Crippen LogP contribution is 2.27. The van der Waals surface area contributed by atoms with Crippen LogP contribution >= 0.6 is 0 Å². The van der Waals surface area contributed by atoms with E-state index < -0.39 is 0 Å². The molecule has 2 heterocycles. The average molecular weight is 177 g/mol. The van der Waals surface area contributed by atoms with E-state index in [1.165, 1.54) is 12.0 Å². The van der Waals surface area contributed by atoms with Crippen LogP contribution in [0.2, 0.25) is 0 Å². The van der Waals surface area contributed by atoms with E-state index in [1.807, 2.05) is 12.4 Å². The summed E-state index contributed by atoms with van der Waals surface area (Å²) in [6.07, 6.45) is 6.70. The van der Waals surface area contributed by atoms with Gasteiger partial charge in [-0.1, -0.05) is 6.92 Å². The summed E-state index contributed by atoms with van der Waals surface area (Å²) in [5, 5.41) is 3.41. The highest BCUT2D eigenvalue weighted by molar-refractivity contribution is 5.12. The molecular formula is C10H15N3. The third kappa shape index (κ3) is 1.86. The van der Waals surface area contributed by atoms with Gasteiger partial charge >= 0.3 is 0 Å². The van der Waals surface area contributed by atoms with Crippen molar-refractivity contribution in [3.8, 4) is 0 Å². The van der Waals surface area contributed by atoms with Crippen LogP contribution in [-0.2, 0) is 0 Å². The van der Waals surface area contributed by atoms with Crippen LogP contribution in [0.15, 0.2) is 18.7 Å². The van der Waals surface area contributed by atoms with Crippen LogP contribution in [0.1, 0.15) is 24.8 Å². The van der Waals surface area contributed by atoms with E-state index in [2.05, 4.69) is 22.2 Å². The van der Waals surface area contributed by atoms with Crippen molar-refractivity contribution in [3.63, 3.8) is 0 Å². The zero-order chi connectivity index (χ0) is 9.10. The number of hydrogen-bond acceptors (Lipinski definition) is 3. The minimum absolute atomic E-state index is 0.593. The maximum atomic E-state index is 4.06. The van der Waals surface area contributed by atoms with Gasteiger partial charge in [0.2, 0.25) is 0 Å². The first-order valence-electron chi connectivity index (χ1n) is 4.83. The molecule has 13 heavy (non-hydrogen) atoms. The van der Waals surface area contributed by atoms with Crippen LogP contribution in [-0.4, -0.2) is 23.1 Å². The lowest BCUT2D eigenvalue weighted by molar-refractivity contribution is 0.347. The Morgan fingerprint density at radius 1 is 1.38 bits per heavy atom. The van der Waals surface area contributed by atoms with Crippen molar-refractivity contribution >= 4 is 0 Å². The van der Waals surface area contributed by atoms with Crippen molar-refractivity contribution in [1.82, 2.24) is 15.3 Å². The lowest BCUT2D eigenvalue weighted by atomic mass is 9.84. The fourth-order valence-electron chi connectivity index (χ4n) is 1.94. The molecule has 1 saturated heterocycles. The largest absolute Gasteiger partial charge is 0.316 e. The number of nitrogens with one attached hydrogen (secondary N) is 1. The molecule has 1 fully saturated rings. The summed E-state index contributed by atoms with van der Waals surface area (Å²) in [5.41, 5.74) is 1.27. The summed E-state index contributed by atoms with van der Waals surface area (Å²) in [6.45, 7) is 4.51. The molecule has 1 aliphatic rings. The molecule has 1 N–H and O–H groups in total. The van der Waals surface area contributed by atoms with Crippen molar-refractivity contribution < 1.29 is 0 Å². The Hall–Kier alpha value is -0.960. The van der Waals surface area contributed by atoms with Crippen LogP contribution in [0, 0.1) is 5.92 Å². The summed E-state index contributed by atoms with van der Waals surface area (Å²) >= 11 is 0. The normalized spacial score (nSPS) is 28.7. The molecule has 3 nitrogen and oxygen atoms in total. The second kappa shape index (κ2) is 3.83. The Kier molecular flexibility index (Phi) is 2.54. The number of piperidine rings is 1. The fourth-order valence-corrected chi connectivity index (χ4v) is 1.94. The lowest BCUT2D eigenvalue weighted by Gasteiger charge is -2.29. The van der Waals surface area contributed by atoms with Gasteiger partial charge in [0.1, 0.15) is 6.33 Å². The van der Waals surface area contributed by atoms with Crippen LogP contribution in [0.5, 0.6) is 0 Å². The summed E-state index contributed by atoms with van der Waals surface area (Å²) in [5.74, 6) is 1.34. The highest BCUT2D eigenvalue weighted by atomic mass is 14.9. The van der Waals surface area contributed by atoms with Gasteiger partial charge in [-0.2, -0.15) is 0 Å². The van der Waals surface area contributed by atoms with E-state index in [-0.39, 0.29) is 0 Å². The molecule has 3 heteroatoms. The van der Waals surface area contributed by atoms with E-state index in [1.54, 1.807) is 6.33 Å². The van der Waals surface area contributed by atoms with Gasteiger partial charge in [0.25, 0.3) is 0 Å². The highest BCUT2D eigenvalue weighted by Gasteiger charge is 2.22. The van der Waals surface area contributed by atoms with Gasteiger partial charge in [0, 0.05) is 24.9 Å². The predicted octanol–water partition coefficient (Wildman–Crippen LogP) is 1.19. The van der Waals surface area contributed by atoms with E-state index >= 15 is 0 Å². The summed E-state index contributed by atoms with van der Waals surface area (Å²) in [6, 6.07) is 0. The Balaban J connectivity index is 2.15. The molecule has 0 amide bonds. The number of nitrogens with zero attached hydrogens (tertiary/aromatic N) is 2. The smallest absolute Gasteiger partial charge is 0.115 e. The predicted molar refractivity (Wildman–Crippen MR) is 51.4 cm³/mol. The van der Waals surface area contributed by atoms with Gasteiger partial charge in [0.05, 0.1) is 0 Å². The van der Waals surface area contributed by atoms with Crippen molar-refractivity contribution in [2.75, 3.05) is 13.1 Å². The molecule has 2 atom stereocenters. The molecule has 0 aliphatic carbocycles. The number of hydrogen-bond donors (Lipinski definition) is 1. The van der Waals surface area contributed by atoms with Crippen molar-refractivity contribution in [2.24, 2.45) is 5.92 Å². The van der Waals surface area contributed by atoms with Gasteiger partial charge < -0.3 is 5.32 Å². The third-order valence-electron chi connectivity index (χ3n) is 2.84. The first-order chi connectivity index (χ1) is 6.38. The fraction of sp³-hybridized carbons (Fsp3) is 0.600. The molecule has 1 aromatic heterocycles. The van der Waals surface area contributed by atoms with E-state index in [9.17, 15) is 0 Å². The van der Waals surface area contributed by atoms with Crippen molar-refractivity contribution in [3.05, 3.63) is 24.3 Å². The average Bonchev–Trinajstić information content (AvgIpc) is 2.20. The molecule has 1 aromatic rings. The minimum Gasteiger partial charge on any atom is -0.316 e. The number of rotatable bonds is 1. The SMILES string of the molecule is CC1CCNCC1c1cncnc1. The molecule has 70 valence electrons. The first-order valence-corrected chi connectivity index (χ1v) is 4.83. The van der Waals surface area contributed by atoms with E-state index in [0.29, 0.717) is 5.92 Å². The molecule has 0 radical (unpaired) electrons. The van der Waals surface area contributed by atoms with Crippen molar-refractivity contribution in [2.45, 2.75) is 19.3 Å². The van der Waals surface area contributed by atoms with Crippen LogP contribution in [0.3, 0.4) is 0 Å².